The first-order chi connectivity index (χ1) is 8.74. The number of amides is 1. The van der Waals surface area contributed by atoms with Gasteiger partial charge in [-0.3, -0.25) is 14.5 Å². The van der Waals surface area contributed by atoms with Crippen molar-refractivity contribution in [3.63, 3.8) is 0 Å². The van der Waals surface area contributed by atoms with Crippen molar-refractivity contribution in [1.29, 1.82) is 0 Å². The minimum absolute atomic E-state index is 0.135. The highest BCUT2D eigenvalue weighted by Crippen LogP contribution is 2.17. The molecule has 0 bridgehead atoms. The lowest BCUT2D eigenvalue weighted by Crippen LogP contribution is -2.44. The van der Waals surface area contributed by atoms with Crippen LogP contribution in [0.1, 0.15) is 51.4 Å². The number of likely N-dealkylation sites (tertiary alicyclic amines) is 1. The predicted molar refractivity (Wildman–Crippen MR) is 70.3 cm³/mol. The Kier molecular flexibility index (Phi) is 5.17. The zero-order chi connectivity index (χ0) is 12.8. The number of nitrogens with zero attached hydrogens (tertiary/aromatic N) is 1. The predicted octanol–water partition coefficient (Wildman–Crippen LogP) is 1.49. The average Bonchev–Trinajstić information content (AvgIpc) is 2.61. The molecule has 18 heavy (non-hydrogen) atoms. The van der Waals surface area contributed by atoms with E-state index in [4.69, 9.17) is 0 Å². The molecular formula is C14H24N2O2. The highest BCUT2D eigenvalue weighted by Gasteiger charge is 2.20. The van der Waals surface area contributed by atoms with Crippen LogP contribution in [0.4, 0.5) is 0 Å². The summed E-state index contributed by atoms with van der Waals surface area (Å²) in [5, 5.41) is 3.15. The summed E-state index contributed by atoms with van der Waals surface area (Å²) in [6.07, 6.45) is 8.56. The van der Waals surface area contributed by atoms with E-state index >= 15 is 0 Å². The smallest absolute Gasteiger partial charge is 0.234 e. The summed E-state index contributed by atoms with van der Waals surface area (Å²) in [7, 11) is 0. The van der Waals surface area contributed by atoms with Crippen molar-refractivity contribution in [1.82, 2.24) is 10.2 Å². The van der Waals surface area contributed by atoms with Crippen LogP contribution in [-0.4, -0.2) is 42.3 Å². The van der Waals surface area contributed by atoms with E-state index in [1.165, 1.54) is 25.7 Å². The van der Waals surface area contributed by atoms with Gasteiger partial charge in [0, 0.05) is 32.0 Å². The first-order valence-electron chi connectivity index (χ1n) is 7.27. The number of Topliss-reactive ketones (excluding diaryl/α,β-unsaturated/α-hetero) is 1. The molecule has 0 unspecified atom stereocenters. The third-order valence-corrected chi connectivity index (χ3v) is 4.00. The molecule has 102 valence electrons. The molecule has 1 saturated heterocycles. The lowest BCUT2D eigenvalue weighted by Gasteiger charge is -2.26. The van der Waals surface area contributed by atoms with Gasteiger partial charge in [0.1, 0.15) is 5.78 Å². The summed E-state index contributed by atoms with van der Waals surface area (Å²) in [6, 6.07) is 0.381. The van der Waals surface area contributed by atoms with E-state index in [0.717, 1.165) is 25.9 Å². The van der Waals surface area contributed by atoms with Crippen LogP contribution in [0.25, 0.3) is 0 Å². The number of nitrogens with one attached hydrogen (secondary N) is 1. The van der Waals surface area contributed by atoms with Crippen LogP contribution >= 0.6 is 0 Å². The number of piperidine rings is 1. The monoisotopic (exact) mass is 252 g/mol. The molecule has 1 amide bonds. The van der Waals surface area contributed by atoms with Gasteiger partial charge in [0.15, 0.2) is 0 Å². The van der Waals surface area contributed by atoms with E-state index < -0.39 is 0 Å². The van der Waals surface area contributed by atoms with Crippen molar-refractivity contribution in [2.24, 2.45) is 0 Å². The summed E-state index contributed by atoms with van der Waals surface area (Å²) in [5.41, 5.74) is 0. The fraction of sp³-hybridized carbons (Fsp3) is 0.857. The first kappa shape index (κ1) is 13.5. The molecular weight excluding hydrogens is 228 g/mol. The number of hydrogen-bond acceptors (Lipinski definition) is 3. The number of rotatable bonds is 3. The van der Waals surface area contributed by atoms with Crippen molar-refractivity contribution < 1.29 is 9.59 Å². The second-order valence-corrected chi connectivity index (χ2v) is 5.57. The molecule has 1 aliphatic carbocycles. The second kappa shape index (κ2) is 6.88. The molecule has 2 aliphatic rings. The maximum Gasteiger partial charge on any atom is 0.234 e. The Bertz CT molecular complexity index is 286. The SMILES string of the molecule is O=C1CCN(CC(=O)NC2CCCCCC2)CC1. The zero-order valence-corrected chi connectivity index (χ0v) is 11.1. The molecule has 1 heterocycles. The van der Waals surface area contributed by atoms with Gasteiger partial charge < -0.3 is 5.32 Å². The van der Waals surface area contributed by atoms with Crippen LogP contribution < -0.4 is 5.32 Å². The van der Waals surface area contributed by atoms with E-state index in [9.17, 15) is 9.59 Å². The summed E-state index contributed by atoms with van der Waals surface area (Å²) >= 11 is 0. The van der Waals surface area contributed by atoms with Gasteiger partial charge >= 0.3 is 0 Å². The maximum absolute atomic E-state index is 11.9. The fourth-order valence-electron chi connectivity index (χ4n) is 2.86. The summed E-state index contributed by atoms with van der Waals surface area (Å²) in [4.78, 5) is 25.1. The van der Waals surface area contributed by atoms with E-state index in [1.54, 1.807) is 0 Å². The van der Waals surface area contributed by atoms with Gasteiger partial charge in [-0.2, -0.15) is 0 Å². The summed E-state index contributed by atoms with van der Waals surface area (Å²) in [6.45, 7) is 1.96. The standard InChI is InChI=1S/C14H24N2O2/c17-13-7-9-16(10-8-13)11-14(18)15-12-5-3-1-2-4-6-12/h12H,1-11H2,(H,15,18). The van der Waals surface area contributed by atoms with Crippen LogP contribution in [0, 0.1) is 0 Å². The van der Waals surface area contributed by atoms with E-state index in [-0.39, 0.29) is 5.91 Å². The van der Waals surface area contributed by atoms with Gasteiger partial charge in [-0.15, -0.1) is 0 Å². The molecule has 0 spiro atoms. The van der Waals surface area contributed by atoms with E-state index in [2.05, 4.69) is 10.2 Å². The largest absolute Gasteiger partial charge is 0.352 e. The number of ketones is 1. The molecule has 4 heteroatoms. The first-order valence-corrected chi connectivity index (χ1v) is 7.27. The van der Waals surface area contributed by atoms with Crippen LogP contribution in [0.3, 0.4) is 0 Å². The van der Waals surface area contributed by atoms with Crippen molar-refractivity contribution in [2.45, 2.75) is 57.4 Å². The number of hydrogen-bond donors (Lipinski definition) is 1. The molecule has 1 N–H and O–H groups in total. The Labute approximate surface area is 109 Å². The highest BCUT2D eigenvalue weighted by molar-refractivity contribution is 5.81. The average molecular weight is 252 g/mol. The Hall–Kier alpha value is -0.900. The van der Waals surface area contributed by atoms with Crippen molar-refractivity contribution in [2.75, 3.05) is 19.6 Å². The Morgan fingerprint density at radius 1 is 1.11 bits per heavy atom. The molecule has 2 fully saturated rings. The Morgan fingerprint density at radius 3 is 2.33 bits per heavy atom. The molecule has 0 aromatic carbocycles. The Balaban J connectivity index is 1.69. The normalized spacial score (nSPS) is 23.7. The van der Waals surface area contributed by atoms with Gasteiger partial charge in [0.25, 0.3) is 0 Å². The third-order valence-electron chi connectivity index (χ3n) is 4.00. The Morgan fingerprint density at radius 2 is 1.72 bits per heavy atom. The van der Waals surface area contributed by atoms with E-state index in [1.807, 2.05) is 0 Å². The zero-order valence-electron chi connectivity index (χ0n) is 11.1. The van der Waals surface area contributed by atoms with Crippen LogP contribution in [0.15, 0.2) is 0 Å². The van der Waals surface area contributed by atoms with E-state index in [0.29, 0.717) is 31.2 Å². The molecule has 0 aromatic rings. The lowest BCUT2D eigenvalue weighted by atomic mass is 10.1. The minimum Gasteiger partial charge on any atom is -0.352 e. The van der Waals surface area contributed by atoms with Crippen LogP contribution in [-0.2, 0) is 9.59 Å². The third kappa shape index (κ3) is 4.41. The molecule has 1 saturated carbocycles. The number of carbonyl (C=O) groups is 2. The molecule has 1 aliphatic heterocycles. The van der Waals surface area contributed by atoms with Gasteiger partial charge in [-0.25, -0.2) is 0 Å². The topological polar surface area (TPSA) is 49.4 Å². The molecule has 0 radical (unpaired) electrons. The highest BCUT2D eigenvalue weighted by atomic mass is 16.2. The molecule has 2 rings (SSSR count). The summed E-state index contributed by atoms with van der Waals surface area (Å²) in [5.74, 6) is 0.465. The number of carbonyl (C=O) groups excluding carboxylic acids is 2. The van der Waals surface area contributed by atoms with Crippen molar-refractivity contribution in [3.8, 4) is 0 Å². The van der Waals surface area contributed by atoms with Gasteiger partial charge in [-0.05, 0) is 12.8 Å². The van der Waals surface area contributed by atoms with Crippen LogP contribution in [0.5, 0.6) is 0 Å². The van der Waals surface area contributed by atoms with Crippen LogP contribution in [0.2, 0.25) is 0 Å². The quantitative estimate of drug-likeness (QED) is 0.774. The molecule has 0 aromatic heterocycles. The molecule has 4 nitrogen and oxygen atoms in total. The maximum atomic E-state index is 11.9. The fourth-order valence-corrected chi connectivity index (χ4v) is 2.86. The molecule has 0 atom stereocenters. The van der Waals surface area contributed by atoms with Gasteiger partial charge in [0.2, 0.25) is 5.91 Å². The summed E-state index contributed by atoms with van der Waals surface area (Å²) < 4.78 is 0. The minimum atomic E-state index is 0.135. The van der Waals surface area contributed by atoms with Gasteiger partial charge in [-0.1, -0.05) is 25.7 Å². The van der Waals surface area contributed by atoms with Crippen molar-refractivity contribution in [3.05, 3.63) is 0 Å². The lowest BCUT2D eigenvalue weighted by molar-refractivity contribution is -0.126. The van der Waals surface area contributed by atoms with Crippen molar-refractivity contribution >= 4 is 11.7 Å². The second-order valence-electron chi connectivity index (χ2n) is 5.57. The van der Waals surface area contributed by atoms with Gasteiger partial charge in [0.05, 0.1) is 6.54 Å².